The van der Waals surface area contributed by atoms with Crippen molar-refractivity contribution in [2.75, 3.05) is 20.1 Å². The number of amides is 2. The molecule has 2 fully saturated rings. The van der Waals surface area contributed by atoms with Crippen LogP contribution in [0, 0.1) is 5.92 Å². The minimum absolute atomic E-state index is 0.00392. The van der Waals surface area contributed by atoms with Crippen molar-refractivity contribution in [3.05, 3.63) is 18.0 Å². The lowest BCUT2D eigenvalue weighted by atomic mass is 9.91. The molecule has 3 heterocycles. The van der Waals surface area contributed by atoms with Gasteiger partial charge in [0.05, 0.1) is 18.4 Å². The highest BCUT2D eigenvalue weighted by Gasteiger charge is 2.45. The highest BCUT2D eigenvalue weighted by atomic mass is 16.2. The highest BCUT2D eigenvalue weighted by Crippen LogP contribution is 2.31. The number of likely N-dealkylation sites (N-methyl/N-ethyl adjacent to an activating group) is 1. The predicted molar refractivity (Wildman–Crippen MR) is 72.8 cm³/mol. The Hall–Kier alpha value is -1.85. The molecular formula is C14H20N4O2. The minimum Gasteiger partial charge on any atom is -0.343 e. The summed E-state index contributed by atoms with van der Waals surface area (Å²) in [6.45, 7) is 1.43. The summed E-state index contributed by atoms with van der Waals surface area (Å²) in [5.41, 5.74) is 0.912. The van der Waals surface area contributed by atoms with E-state index < -0.39 is 0 Å². The summed E-state index contributed by atoms with van der Waals surface area (Å²) >= 11 is 0. The monoisotopic (exact) mass is 276 g/mol. The van der Waals surface area contributed by atoms with E-state index in [2.05, 4.69) is 5.10 Å². The number of carbonyl (C=O) groups is 2. The molecule has 2 aliphatic heterocycles. The maximum atomic E-state index is 12.5. The Morgan fingerprint density at radius 1 is 1.45 bits per heavy atom. The van der Waals surface area contributed by atoms with Crippen molar-refractivity contribution in [2.24, 2.45) is 13.0 Å². The number of piperidine rings is 1. The summed E-state index contributed by atoms with van der Waals surface area (Å²) in [4.78, 5) is 28.2. The fourth-order valence-electron chi connectivity index (χ4n) is 3.37. The lowest BCUT2D eigenvalue weighted by molar-refractivity contribution is -0.136. The van der Waals surface area contributed by atoms with E-state index in [0.29, 0.717) is 13.0 Å². The Balaban J connectivity index is 1.74. The van der Waals surface area contributed by atoms with Crippen molar-refractivity contribution < 1.29 is 9.59 Å². The van der Waals surface area contributed by atoms with Crippen molar-refractivity contribution in [1.82, 2.24) is 19.6 Å². The number of carbonyl (C=O) groups excluding carboxylic acids is 2. The zero-order valence-corrected chi connectivity index (χ0v) is 12.0. The molecule has 0 radical (unpaired) electrons. The molecule has 0 N–H and O–H groups in total. The van der Waals surface area contributed by atoms with Crippen LogP contribution in [0.5, 0.6) is 0 Å². The second-order valence-corrected chi connectivity index (χ2v) is 5.74. The first kappa shape index (κ1) is 13.1. The van der Waals surface area contributed by atoms with Crippen LogP contribution in [0.15, 0.2) is 12.3 Å². The Morgan fingerprint density at radius 2 is 2.25 bits per heavy atom. The van der Waals surface area contributed by atoms with Gasteiger partial charge in [0.25, 0.3) is 0 Å². The highest BCUT2D eigenvalue weighted by molar-refractivity contribution is 5.85. The normalized spacial score (nSPS) is 26.0. The minimum atomic E-state index is 0.00392. The Morgan fingerprint density at radius 3 is 2.95 bits per heavy atom. The molecule has 20 heavy (non-hydrogen) atoms. The van der Waals surface area contributed by atoms with Crippen molar-refractivity contribution in [3.8, 4) is 0 Å². The third-order valence-electron chi connectivity index (χ3n) is 4.51. The van der Waals surface area contributed by atoms with Crippen molar-refractivity contribution in [2.45, 2.75) is 25.3 Å². The second-order valence-electron chi connectivity index (χ2n) is 5.74. The van der Waals surface area contributed by atoms with E-state index in [1.54, 1.807) is 15.8 Å². The van der Waals surface area contributed by atoms with E-state index in [1.807, 2.05) is 25.1 Å². The number of hydrogen-bond acceptors (Lipinski definition) is 3. The van der Waals surface area contributed by atoms with Gasteiger partial charge in [0.15, 0.2) is 0 Å². The molecule has 2 atom stereocenters. The molecule has 2 amide bonds. The summed E-state index contributed by atoms with van der Waals surface area (Å²) in [5.74, 6) is 0.295. The number of nitrogens with zero attached hydrogens (tertiary/aromatic N) is 4. The molecule has 0 aliphatic carbocycles. The van der Waals surface area contributed by atoms with Gasteiger partial charge in [-0.25, -0.2) is 0 Å². The van der Waals surface area contributed by atoms with E-state index in [4.69, 9.17) is 0 Å². The van der Waals surface area contributed by atoms with Crippen LogP contribution in [0.4, 0.5) is 0 Å². The third kappa shape index (κ3) is 2.09. The number of aromatic nitrogens is 2. The van der Waals surface area contributed by atoms with Gasteiger partial charge in [0, 0.05) is 39.1 Å². The van der Waals surface area contributed by atoms with E-state index in [1.165, 1.54) is 0 Å². The number of rotatable bonds is 2. The van der Waals surface area contributed by atoms with Crippen LogP contribution in [-0.4, -0.2) is 57.6 Å². The lowest BCUT2D eigenvalue weighted by Gasteiger charge is -2.36. The quantitative estimate of drug-likeness (QED) is 0.766. The van der Waals surface area contributed by atoms with Gasteiger partial charge in [-0.15, -0.1) is 0 Å². The molecule has 2 saturated heterocycles. The molecular weight excluding hydrogens is 256 g/mol. The molecule has 1 aromatic heterocycles. The first-order chi connectivity index (χ1) is 9.58. The van der Waals surface area contributed by atoms with E-state index in [0.717, 1.165) is 25.1 Å². The number of aryl methyl sites for hydroxylation is 1. The third-order valence-corrected chi connectivity index (χ3v) is 4.51. The fourth-order valence-corrected chi connectivity index (χ4v) is 3.37. The Bertz CT molecular complexity index is 539. The average molecular weight is 276 g/mol. The Kier molecular flexibility index (Phi) is 3.23. The molecule has 6 nitrogen and oxygen atoms in total. The largest absolute Gasteiger partial charge is 0.343 e. The van der Waals surface area contributed by atoms with Crippen molar-refractivity contribution in [1.29, 1.82) is 0 Å². The van der Waals surface area contributed by atoms with Gasteiger partial charge >= 0.3 is 0 Å². The number of fused-ring (bicyclic) bond motifs is 1. The van der Waals surface area contributed by atoms with Gasteiger partial charge < -0.3 is 9.80 Å². The van der Waals surface area contributed by atoms with E-state index in [9.17, 15) is 9.59 Å². The van der Waals surface area contributed by atoms with Crippen LogP contribution in [0.3, 0.4) is 0 Å². The van der Waals surface area contributed by atoms with Gasteiger partial charge in [0.1, 0.15) is 0 Å². The second kappa shape index (κ2) is 4.92. The fraction of sp³-hybridized carbons (Fsp3) is 0.643. The van der Waals surface area contributed by atoms with Crippen LogP contribution in [0.1, 0.15) is 18.5 Å². The van der Waals surface area contributed by atoms with E-state index >= 15 is 0 Å². The summed E-state index contributed by atoms with van der Waals surface area (Å²) in [6, 6.07) is 1.92. The van der Waals surface area contributed by atoms with Crippen molar-refractivity contribution in [3.63, 3.8) is 0 Å². The summed E-state index contributed by atoms with van der Waals surface area (Å²) in [7, 11) is 3.67. The average Bonchev–Trinajstić information content (AvgIpc) is 2.95. The molecule has 6 heteroatoms. The molecule has 0 bridgehead atoms. The molecule has 0 aromatic carbocycles. The summed E-state index contributed by atoms with van der Waals surface area (Å²) in [6.07, 6.45) is 3.88. The molecule has 3 rings (SSSR count). The summed E-state index contributed by atoms with van der Waals surface area (Å²) in [5, 5.41) is 4.09. The molecule has 108 valence electrons. The SMILES string of the molecule is CN1C[C@@H]2[C@@H](CCCN2C(=O)Cc2ccnn2C)C1=O. The van der Waals surface area contributed by atoms with Gasteiger partial charge in [0.2, 0.25) is 11.8 Å². The van der Waals surface area contributed by atoms with Gasteiger partial charge in [-0.05, 0) is 18.9 Å². The molecule has 2 aliphatic rings. The first-order valence-electron chi connectivity index (χ1n) is 7.09. The first-order valence-corrected chi connectivity index (χ1v) is 7.09. The zero-order valence-electron chi connectivity index (χ0n) is 12.0. The molecule has 0 saturated carbocycles. The van der Waals surface area contributed by atoms with Crippen LogP contribution in [0.25, 0.3) is 0 Å². The number of hydrogen-bond donors (Lipinski definition) is 0. The van der Waals surface area contributed by atoms with E-state index in [-0.39, 0.29) is 23.8 Å². The van der Waals surface area contributed by atoms with Gasteiger partial charge in [-0.3, -0.25) is 14.3 Å². The smallest absolute Gasteiger partial charge is 0.228 e. The van der Waals surface area contributed by atoms with Crippen LogP contribution in [0.2, 0.25) is 0 Å². The van der Waals surface area contributed by atoms with Crippen molar-refractivity contribution >= 4 is 11.8 Å². The van der Waals surface area contributed by atoms with Crippen LogP contribution >= 0.6 is 0 Å². The van der Waals surface area contributed by atoms with Crippen LogP contribution < -0.4 is 0 Å². The lowest BCUT2D eigenvalue weighted by Crippen LogP contribution is -2.49. The van der Waals surface area contributed by atoms with Gasteiger partial charge in [-0.2, -0.15) is 5.10 Å². The maximum Gasteiger partial charge on any atom is 0.228 e. The number of likely N-dealkylation sites (tertiary alicyclic amines) is 2. The molecule has 1 aromatic rings. The van der Waals surface area contributed by atoms with Gasteiger partial charge in [-0.1, -0.05) is 0 Å². The van der Waals surface area contributed by atoms with Crippen LogP contribution in [-0.2, 0) is 23.1 Å². The zero-order chi connectivity index (χ0) is 14.3. The topological polar surface area (TPSA) is 58.4 Å². The molecule has 0 unspecified atom stereocenters. The maximum absolute atomic E-state index is 12.5. The summed E-state index contributed by atoms with van der Waals surface area (Å²) < 4.78 is 1.73. The predicted octanol–water partition coefficient (Wildman–Crippen LogP) is 0.0418. The standard InChI is InChI=1S/C14H20N4O2/c1-16-9-12-11(14(16)20)4-3-7-18(12)13(19)8-10-5-6-15-17(10)2/h5-6,11-12H,3-4,7-9H2,1-2H3/t11-,12-/m1/s1. The Labute approximate surface area is 118 Å². The molecule has 0 spiro atoms.